The van der Waals surface area contributed by atoms with Crippen LogP contribution in [0, 0.1) is 5.92 Å². The van der Waals surface area contributed by atoms with Gasteiger partial charge in [-0.25, -0.2) is 0 Å². The van der Waals surface area contributed by atoms with Gasteiger partial charge in [0.1, 0.15) is 6.10 Å². The van der Waals surface area contributed by atoms with Gasteiger partial charge in [-0.1, -0.05) is 26.7 Å². The first-order valence-corrected chi connectivity index (χ1v) is 7.09. The number of aliphatic carboxylic acids is 1. The Labute approximate surface area is 114 Å². The first-order chi connectivity index (χ1) is 8.95. The minimum absolute atomic E-state index is 0.109. The van der Waals surface area contributed by atoms with Gasteiger partial charge in [-0.3, -0.25) is 9.59 Å². The molecule has 2 atom stereocenters. The molecule has 0 aliphatic heterocycles. The van der Waals surface area contributed by atoms with Crippen molar-refractivity contribution in [3.63, 3.8) is 0 Å². The van der Waals surface area contributed by atoms with E-state index in [1.165, 1.54) is 17.7 Å². The maximum atomic E-state index is 12.2. The number of hydrogen-bond donors (Lipinski definition) is 1. The molecule has 1 amide bonds. The van der Waals surface area contributed by atoms with Gasteiger partial charge in [0, 0.05) is 13.6 Å². The zero-order chi connectivity index (χ0) is 14.4. The fourth-order valence-electron chi connectivity index (χ4n) is 2.41. The van der Waals surface area contributed by atoms with Crippen molar-refractivity contribution in [3.05, 3.63) is 0 Å². The van der Waals surface area contributed by atoms with Crippen molar-refractivity contribution in [1.29, 1.82) is 0 Å². The molecule has 0 spiro atoms. The Morgan fingerprint density at radius 2 is 1.95 bits per heavy atom. The van der Waals surface area contributed by atoms with Crippen molar-refractivity contribution in [3.8, 4) is 0 Å². The van der Waals surface area contributed by atoms with E-state index in [1.807, 2.05) is 6.92 Å². The van der Waals surface area contributed by atoms with Gasteiger partial charge >= 0.3 is 5.97 Å². The highest BCUT2D eigenvalue weighted by molar-refractivity contribution is 5.81. The molecule has 0 bridgehead atoms. The summed E-state index contributed by atoms with van der Waals surface area (Å²) < 4.78 is 5.85. The van der Waals surface area contributed by atoms with Gasteiger partial charge in [0.25, 0.3) is 5.91 Å². The number of ether oxygens (including phenoxy) is 1. The zero-order valence-electron chi connectivity index (χ0n) is 12.1. The van der Waals surface area contributed by atoms with E-state index in [0.717, 1.165) is 12.8 Å². The Morgan fingerprint density at radius 3 is 2.42 bits per heavy atom. The molecule has 0 aromatic heterocycles. The summed E-state index contributed by atoms with van der Waals surface area (Å²) in [7, 11) is 1.64. The lowest BCUT2D eigenvalue weighted by Gasteiger charge is -2.26. The summed E-state index contributed by atoms with van der Waals surface area (Å²) in [5.74, 6) is -1.55. The van der Waals surface area contributed by atoms with E-state index in [-0.39, 0.29) is 18.6 Å². The van der Waals surface area contributed by atoms with Crippen molar-refractivity contribution in [2.75, 3.05) is 13.6 Å². The number of carboxylic acids is 1. The van der Waals surface area contributed by atoms with E-state index in [1.54, 1.807) is 14.0 Å². The molecule has 1 fully saturated rings. The standard InChI is InChI=1S/C14H25NO4/c1-4-12(19-11-7-5-6-8-11)13(16)15(3)9-10(2)14(17)18/h10-12H,4-9H2,1-3H3,(H,17,18). The fourth-order valence-corrected chi connectivity index (χ4v) is 2.41. The molecule has 0 heterocycles. The molecule has 0 radical (unpaired) electrons. The van der Waals surface area contributed by atoms with Crippen LogP contribution in [-0.2, 0) is 14.3 Å². The molecule has 0 aromatic carbocycles. The molecule has 1 rings (SSSR count). The molecule has 1 N–H and O–H groups in total. The lowest BCUT2D eigenvalue weighted by atomic mass is 10.1. The summed E-state index contributed by atoms with van der Waals surface area (Å²) in [6.45, 7) is 3.75. The third kappa shape index (κ3) is 4.82. The summed E-state index contributed by atoms with van der Waals surface area (Å²) >= 11 is 0. The van der Waals surface area contributed by atoms with Crippen LogP contribution >= 0.6 is 0 Å². The molecule has 0 aromatic rings. The topological polar surface area (TPSA) is 66.8 Å². The smallest absolute Gasteiger partial charge is 0.308 e. The van der Waals surface area contributed by atoms with Crippen LogP contribution in [0.15, 0.2) is 0 Å². The Morgan fingerprint density at radius 1 is 1.37 bits per heavy atom. The van der Waals surface area contributed by atoms with Gasteiger partial charge in [-0.05, 0) is 19.3 Å². The summed E-state index contributed by atoms with van der Waals surface area (Å²) in [6, 6.07) is 0. The van der Waals surface area contributed by atoms with Crippen LogP contribution in [0.4, 0.5) is 0 Å². The number of carboxylic acid groups (broad SMARTS) is 1. The van der Waals surface area contributed by atoms with Gasteiger partial charge in [0.2, 0.25) is 0 Å². The van der Waals surface area contributed by atoms with Crippen LogP contribution < -0.4 is 0 Å². The third-order valence-corrected chi connectivity index (χ3v) is 3.65. The van der Waals surface area contributed by atoms with Gasteiger partial charge in [0.15, 0.2) is 0 Å². The average molecular weight is 271 g/mol. The van der Waals surface area contributed by atoms with E-state index in [9.17, 15) is 9.59 Å². The summed E-state index contributed by atoms with van der Waals surface area (Å²) in [4.78, 5) is 24.5. The van der Waals surface area contributed by atoms with Crippen molar-refractivity contribution < 1.29 is 19.4 Å². The van der Waals surface area contributed by atoms with Gasteiger partial charge < -0.3 is 14.7 Å². The van der Waals surface area contributed by atoms with E-state index in [0.29, 0.717) is 6.42 Å². The number of carbonyl (C=O) groups is 2. The Balaban J connectivity index is 2.49. The number of hydrogen-bond acceptors (Lipinski definition) is 3. The molecule has 0 saturated heterocycles. The zero-order valence-corrected chi connectivity index (χ0v) is 12.1. The van der Waals surface area contributed by atoms with Crippen molar-refractivity contribution in [2.24, 2.45) is 5.92 Å². The maximum Gasteiger partial charge on any atom is 0.308 e. The van der Waals surface area contributed by atoms with E-state index < -0.39 is 18.0 Å². The third-order valence-electron chi connectivity index (χ3n) is 3.65. The van der Waals surface area contributed by atoms with Crippen LogP contribution in [0.1, 0.15) is 46.0 Å². The Bertz CT molecular complexity index is 313. The number of likely N-dealkylation sites (N-methyl/N-ethyl adjacent to an activating group) is 1. The van der Waals surface area contributed by atoms with Crippen molar-refractivity contribution in [2.45, 2.75) is 58.2 Å². The van der Waals surface area contributed by atoms with Crippen LogP contribution in [-0.4, -0.2) is 47.7 Å². The summed E-state index contributed by atoms with van der Waals surface area (Å²) in [5.41, 5.74) is 0. The first kappa shape index (κ1) is 16.0. The lowest BCUT2D eigenvalue weighted by molar-refractivity contribution is -0.149. The number of amides is 1. The maximum absolute atomic E-state index is 12.2. The van der Waals surface area contributed by atoms with Gasteiger partial charge in [-0.2, -0.15) is 0 Å². The monoisotopic (exact) mass is 271 g/mol. The number of nitrogens with zero attached hydrogens (tertiary/aromatic N) is 1. The SMILES string of the molecule is CCC(OC1CCCC1)C(=O)N(C)CC(C)C(=O)O. The molecule has 1 aliphatic carbocycles. The highest BCUT2D eigenvalue weighted by Gasteiger charge is 2.27. The van der Waals surface area contributed by atoms with E-state index >= 15 is 0 Å². The predicted octanol–water partition coefficient (Wildman–Crippen LogP) is 1.90. The largest absolute Gasteiger partial charge is 0.481 e. The molecule has 2 unspecified atom stereocenters. The van der Waals surface area contributed by atoms with Crippen LogP contribution in [0.25, 0.3) is 0 Å². The second-order valence-electron chi connectivity index (χ2n) is 5.40. The number of rotatable bonds is 7. The summed E-state index contributed by atoms with van der Waals surface area (Å²) in [5, 5.41) is 8.87. The van der Waals surface area contributed by atoms with E-state index in [4.69, 9.17) is 9.84 Å². The van der Waals surface area contributed by atoms with Gasteiger partial charge in [-0.15, -0.1) is 0 Å². The minimum Gasteiger partial charge on any atom is -0.481 e. The Kier molecular flexibility index (Phi) is 6.28. The molecule has 1 saturated carbocycles. The van der Waals surface area contributed by atoms with Crippen molar-refractivity contribution in [1.82, 2.24) is 4.90 Å². The fraction of sp³-hybridized carbons (Fsp3) is 0.857. The molecule has 19 heavy (non-hydrogen) atoms. The molecule has 5 heteroatoms. The van der Waals surface area contributed by atoms with Crippen LogP contribution in [0.2, 0.25) is 0 Å². The van der Waals surface area contributed by atoms with Gasteiger partial charge in [0.05, 0.1) is 12.0 Å². The molecule has 1 aliphatic rings. The molecular formula is C14H25NO4. The van der Waals surface area contributed by atoms with Crippen molar-refractivity contribution >= 4 is 11.9 Å². The molecule has 110 valence electrons. The highest BCUT2D eigenvalue weighted by atomic mass is 16.5. The lowest BCUT2D eigenvalue weighted by Crippen LogP contribution is -2.42. The van der Waals surface area contributed by atoms with Crippen LogP contribution in [0.3, 0.4) is 0 Å². The second kappa shape index (κ2) is 7.48. The molecular weight excluding hydrogens is 246 g/mol. The van der Waals surface area contributed by atoms with E-state index in [2.05, 4.69) is 0 Å². The predicted molar refractivity (Wildman–Crippen MR) is 71.9 cm³/mol. The normalized spacial score (nSPS) is 19.1. The second-order valence-corrected chi connectivity index (χ2v) is 5.40. The Hall–Kier alpha value is -1.10. The highest BCUT2D eigenvalue weighted by Crippen LogP contribution is 2.23. The van der Waals surface area contributed by atoms with Crippen LogP contribution in [0.5, 0.6) is 0 Å². The average Bonchev–Trinajstić information content (AvgIpc) is 2.87. The summed E-state index contributed by atoms with van der Waals surface area (Å²) in [6.07, 6.45) is 4.77. The molecule has 5 nitrogen and oxygen atoms in total. The quantitative estimate of drug-likeness (QED) is 0.768. The minimum atomic E-state index is -0.885. The first-order valence-electron chi connectivity index (χ1n) is 7.09. The number of carbonyl (C=O) groups excluding carboxylic acids is 1.